The molecular weight excluding hydrogens is 366 g/mol. The standard InChI is InChI=1S/C17H15N7O4/c18-14-10-5-12(25)24(17(10)23-16(22-14)15-19-3-4-20-15)7-9-1-2-11(21-6-9)28-8-13(26)27/h1-4,6H,5,7-8H2,(H,19,20)(H,26,27)(H2,18,22,23). The highest BCUT2D eigenvalue weighted by atomic mass is 16.5. The van der Waals surface area contributed by atoms with Crippen LogP contribution in [0.25, 0.3) is 11.6 Å². The fourth-order valence-electron chi connectivity index (χ4n) is 2.81. The van der Waals surface area contributed by atoms with Gasteiger partial charge < -0.3 is 20.6 Å². The number of carboxylic acids is 1. The molecule has 0 aliphatic carbocycles. The summed E-state index contributed by atoms with van der Waals surface area (Å²) >= 11 is 0. The Kier molecular flexibility index (Phi) is 4.32. The van der Waals surface area contributed by atoms with E-state index in [0.717, 1.165) is 5.56 Å². The number of carbonyl (C=O) groups is 2. The van der Waals surface area contributed by atoms with Crippen LogP contribution in [-0.2, 0) is 22.6 Å². The van der Waals surface area contributed by atoms with Gasteiger partial charge in [-0.1, -0.05) is 6.07 Å². The van der Waals surface area contributed by atoms with Crippen LogP contribution in [0.1, 0.15) is 11.1 Å². The lowest BCUT2D eigenvalue weighted by Gasteiger charge is -2.17. The SMILES string of the molecule is Nc1nc(-c2ncc[nH]2)nc2c1CC(=O)N2Cc1ccc(OCC(=O)O)nc1. The maximum Gasteiger partial charge on any atom is 0.341 e. The van der Waals surface area contributed by atoms with Crippen molar-refractivity contribution in [2.24, 2.45) is 0 Å². The highest BCUT2D eigenvalue weighted by Crippen LogP contribution is 2.33. The summed E-state index contributed by atoms with van der Waals surface area (Å²) in [5, 5.41) is 8.63. The number of carboxylic acid groups (broad SMARTS) is 1. The Morgan fingerprint density at radius 3 is 2.86 bits per heavy atom. The summed E-state index contributed by atoms with van der Waals surface area (Å²) in [7, 11) is 0. The number of anilines is 2. The van der Waals surface area contributed by atoms with E-state index in [2.05, 4.69) is 24.9 Å². The van der Waals surface area contributed by atoms with E-state index in [1.807, 2.05) is 0 Å². The van der Waals surface area contributed by atoms with E-state index in [0.29, 0.717) is 23.0 Å². The van der Waals surface area contributed by atoms with Crippen molar-refractivity contribution in [3.05, 3.63) is 41.9 Å². The molecule has 0 saturated carbocycles. The quantitative estimate of drug-likeness (QED) is 0.549. The molecule has 0 saturated heterocycles. The molecule has 1 aliphatic heterocycles. The number of H-pyrrole nitrogens is 1. The second-order valence-corrected chi connectivity index (χ2v) is 6.02. The van der Waals surface area contributed by atoms with Crippen molar-refractivity contribution in [2.75, 3.05) is 17.2 Å². The van der Waals surface area contributed by atoms with Crippen LogP contribution in [0.2, 0.25) is 0 Å². The maximum atomic E-state index is 12.5. The van der Waals surface area contributed by atoms with Crippen LogP contribution in [0, 0.1) is 0 Å². The summed E-state index contributed by atoms with van der Waals surface area (Å²) in [4.78, 5) is 44.3. The van der Waals surface area contributed by atoms with Gasteiger partial charge in [-0.25, -0.2) is 24.7 Å². The first kappa shape index (κ1) is 17.4. The van der Waals surface area contributed by atoms with Gasteiger partial charge in [0, 0.05) is 30.2 Å². The van der Waals surface area contributed by atoms with Crippen molar-refractivity contribution >= 4 is 23.5 Å². The average molecular weight is 381 g/mol. The zero-order valence-electron chi connectivity index (χ0n) is 14.5. The highest BCUT2D eigenvalue weighted by molar-refractivity contribution is 6.01. The van der Waals surface area contributed by atoms with Gasteiger partial charge >= 0.3 is 5.97 Å². The molecule has 0 bridgehead atoms. The number of aromatic nitrogens is 5. The molecule has 4 rings (SSSR count). The van der Waals surface area contributed by atoms with Gasteiger partial charge in [0.15, 0.2) is 18.3 Å². The molecule has 1 aliphatic rings. The number of hydrogen-bond acceptors (Lipinski definition) is 8. The lowest BCUT2D eigenvalue weighted by Crippen LogP contribution is -2.26. The fraction of sp³-hybridized carbons (Fsp3) is 0.176. The number of imidazole rings is 1. The molecule has 3 aromatic heterocycles. The largest absolute Gasteiger partial charge is 0.479 e. The number of nitrogens with one attached hydrogen (secondary N) is 1. The van der Waals surface area contributed by atoms with Gasteiger partial charge in [0.05, 0.1) is 13.0 Å². The molecular formula is C17H15N7O4. The van der Waals surface area contributed by atoms with Gasteiger partial charge in [-0.2, -0.15) is 0 Å². The number of aromatic amines is 1. The number of ether oxygens (including phenoxy) is 1. The van der Waals surface area contributed by atoms with Crippen LogP contribution in [-0.4, -0.2) is 48.5 Å². The summed E-state index contributed by atoms with van der Waals surface area (Å²) < 4.78 is 5.00. The van der Waals surface area contributed by atoms with Crippen LogP contribution >= 0.6 is 0 Å². The number of aliphatic carboxylic acids is 1. The van der Waals surface area contributed by atoms with Gasteiger partial charge in [-0.15, -0.1) is 0 Å². The van der Waals surface area contributed by atoms with E-state index in [-0.39, 0.29) is 30.6 Å². The first-order chi connectivity index (χ1) is 13.5. The van der Waals surface area contributed by atoms with E-state index in [1.165, 1.54) is 11.1 Å². The number of amides is 1. The van der Waals surface area contributed by atoms with E-state index in [4.69, 9.17) is 15.6 Å². The minimum absolute atomic E-state index is 0.118. The van der Waals surface area contributed by atoms with E-state index >= 15 is 0 Å². The van der Waals surface area contributed by atoms with Gasteiger partial charge in [-0.05, 0) is 5.56 Å². The molecule has 142 valence electrons. The first-order valence-electron chi connectivity index (χ1n) is 8.27. The molecule has 11 nitrogen and oxygen atoms in total. The molecule has 1 amide bonds. The zero-order chi connectivity index (χ0) is 19.7. The molecule has 4 heterocycles. The number of nitrogens with two attached hydrogens (primary N) is 1. The van der Waals surface area contributed by atoms with E-state index in [1.54, 1.807) is 24.5 Å². The van der Waals surface area contributed by atoms with Gasteiger partial charge in [-0.3, -0.25) is 9.69 Å². The number of nitrogens with zero attached hydrogens (tertiary/aromatic N) is 5. The maximum absolute atomic E-state index is 12.5. The Bertz CT molecular complexity index is 1030. The first-order valence-corrected chi connectivity index (χ1v) is 8.27. The van der Waals surface area contributed by atoms with E-state index < -0.39 is 12.6 Å². The number of nitrogen functional groups attached to an aromatic ring is 1. The Balaban J connectivity index is 1.58. The smallest absolute Gasteiger partial charge is 0.341 e. The molecule has 0 radical (unpaired) electrons. The molecule has 11 heteroatoms. The summed E-state index contributed by atoms with van der Waals surface area (Å²) in [6, 6.07) is 3.25. The predicted octanol–water partition coefficient (Wildman–Crippen LogP) is 0.397. The van der Waals surface area contributed by atoms with Crippen LogP contribution in [0.4, 0.5) is 11.6 Å². The van der Waals surface area contributed by atoms with E-state index in [9.17, 15) is 9.59 Å². The topological polar surface area (TPSA) is 160 Å². The molecule has 0 unspecified atom stereocenters. The molecule has 0 spiro atoms. The van der Waals surface area contributed by atoms with Crippen molar-refractivity contribution in [2.45, 2.75) is 13.0 Å². The van der Waals surface area contributed by atoms with Crippen molar-refractivity contribution in [3.8, 4) is 17.5 Å². The lowest BCUT2D eigenvalue weighted by molar-refractivity contribution is -0.139. The molecule has 0 atom stereocenters. The number of fused-ring (bicyclic) bond motifs is 1. The second-order valence-electron chi connectivity index (χ2n) is 6.02. The molecule has 4 N–H and O–H groups in total. The van der Waals surface area contributed by atoms with Crippen molar-refractivity contribution in [1.29, 1.82) is 0 Å². The Labute approximate surface area is 158 Å². The van der Waals surface area contributed by atoms with Crippen LogP contribution in [0.15, 0.2) is 30.7 Å². The molecule has 0 fully saturated rings. The van der Waals surface area contributed by atoms with Crippen molar-refractivity contribution in [3.63, 3.8) is 0 Å². The lowest BCUT2D eigenvalue weighted by atomic mass is 10.2. The predicted molar refractivity (Wildman–Crippen MR) is 96.3 cm³/mol. The van der Waals surface area contributed by atoms with Gasteiger partial charge in [0.1, 0.15) is 11.6 Å². The van der Waals surface area contributed by atoms with Crippen molar-refractivity contribution < 1.29 is 19.4 Å². The van der Waals surface area contributed by atoms with Crippen LogP contribution in [0.5, 0.6) is 5.88 Å². The van der Waals surface area contributed by atoms with Gasteiger partial charge in [0.2, 0.25) is 11.8 Å². The third kappa shape index (κ3) is 3.32. The third-order valence-electron chi connectivity index (χ3n) is 4.09. The highest BCUT2D eigenvalue weighted by Gasteiger charge is 2.32. The average Bonchev–Trinajstić information content (AvgIpc) is 3.31. The Morgan fingerprint density at radius 1 is 1.32 bits per heavy atom. The summed E-state index contributed by atoms with van der Waals surface area (Å²) in [5.41, 5.74) is 7.33. The monoisotopic (exact) mass is 381 g/mol. The molecule has 3 aromatic rings. The molecule has 28 heavy (non-hydrogen) atoms. The Hall–Kier alpha value is -4.02. The third-order valence-corrected chi connectivity index (χ3v) is 4.09. The normalized spacial score (nSPS) is 12.9. The second kappa shape index (κ2) is 6.95. The summed E-state index contributed by atoms with van der Waals surface area (Å²) in [6.07, 6.45) is 4.85. The number of hydrogen-bond donors (Lipinski definition) is 3. The minimum atomic E-state index is -1.09. The van der Waals surface area contributed by atoms with Crippen LogP contribution in [0.3, 0.4) is 0 Å². The molecule has 0 aromatic carbocycles. The van der Waals surface area contributed by atoms with Gasteiger partial charge in [0.25, 0.3) is 0 Å². The summed E-state index contributed by atoms with van der Waals surface area (Å²) in [5.74, 6) is 0.379. The number of pyridine rings is 1. The van der Waals surface area contributed by atoms with Crippen LogP contribution < -0.4 is 15.4 Å². The zero-order valence-corrected chi connectivity index (χ0v) is 14.5. The number of rotatable bonds is 6. The fourth-order valence-corrected chi connectivity index (χ4v) is 2.81. The Morgan fingerprint density at radius 2 is 2.18 bits per heavy atom. The number of carbonyl (C=O) groups excluding carboxylic acids is 1. The summed E-state index contributed by atoms with van der Waals surface area (Å²) in [6.45, 7) is -0.248. The minimum Gasteiger partial charge on any atom is -0.479 e. The van der Waals surface area contributed by atoms with Crippen molar-refractivity contribution in [1.82, 2.24) is 24.9 Å².